The summed E-state index contributed by atoms with van der Waals surface area (Å²) in [5.41, 5.74) is 3.53. The topological polar surface area (TPSA) is 38.3 Å². The molecule has 1 N–H and O–H groups in total. The van der Waals surface area contributed by atoms with E-state index in [0.29, 0.717) is 0 Å². The second-order valence-electron chi connectivity index (χ2n) is 7.22. The molecule has 0 saturated heterocycles. The first-order valence-corrected chi connectivity index (χ1v) is 8.35. The maximum Gasteiger partial charge on any atom is 0.258 e. The molecule has 2 rings (SSSR count). The fraction of sp³-hybridized carbons (Fsp3) is 0.381. The number of hydrogen-bond acceptors (Lipinski definition) is 2. The molecule has 0 bridgehead atoms. The summed E-state index contributed by atoms with van der Waals surface area (Å²) in [7, 11) is 0. The van der Waals surface area contributed by atoms with Gasteiger partial charge in [-0.2, -0.15) is 0 Å². The third kappa shape index (κ3) is 4.85. The minimum atomic E-state index is -0.120. The SMILES string of the molecule is Cc1ccccc1OCC(=O)N[C@@H](C)c1ccc(C(C)(C)C)cc1. The van der Waals surface area contributed by atoms with Crippen molar-refractivity contribution < 1.29 is 9.53 Å². The van der Waals surface area contributed by atoms with E-state index in [4.69, 9.17) is 4.74 Å². The number of nitrogens with one attached hydrogen (secondary N) is 1. The molecule has 3 nitrogen and oxygen atoms in total. The summed E-state index contributed by atoms with van der Waals surface area (Å²) in [5.74, 6) is 0.625. The lowest BCUT2D eigenvalue weighted by molar-refractivity contribution is -0.123. The molecule has 128 valence electrons. The Morgan fingerprint density at radius 2 is 1.71 bits per heavy atom. The molecule has 0 aliphatic rings. The van der Waals surface area contributed by atoms with Crippen molar-refractivity contribution in [2.24, 2.45) is 0 Å². The second kappa shape index (κ2) is 7.52. The van der Waals surface area contributed by atoms with Crippen LogP contribution in [0.15, 0.2) is 48.5 Å². The van der Waals surface area contributed by atoms with Crippen molar-refractivity contribution in [1.82, 2.24) is 5.32 Å². The van der Waals surface area contributed by atoms with Gasteiger partial charge >= 0.3 is 0 Å². The molecule has 0 aliphatic carbocycles. The molecule has 0 heterocycles. The first-order valence-electron chi connectivity index (χ1n) is 8.35. The molecule has 0 unspecified atom stereocenters. The van der Waals surface area contributed by atoms with E-state index in [1.807, 2.05) is 38.1 Å². The van der Waals surface area contributed by atoms with Crippen molar-refractivity contribution in [2.45, 2.75) is 46.1 Å². The van der Waals surface area contributed by atoms with Gasteiger partial charge < -0.3 is 10.1 Å². The largest absolute Gasteiger partial charge is 0.484 e. The monoisotopic (exact) mass is 325 g/mol. The van der Waals surface area contributed by atoms with Crippen LogP contribution in [-0.4, -0.2) is 12.5 Å². The highest BCUT2D eigenvalue weighted by atomic mass is 16.5. The number of rotatable bonds is 5. The van der Waals surface area contributed by atoms with Gasteiger partial charge in [0.25, 0.3) is 5.91 Å². The third-order valence-electron chi connectivity index (χ3n) is 4.11. The van der Waals surface area contributed by atoms with Gasteiger partial charge in [-0.25, -0.2) is 0 Å². The molecular formula is C21H27NO2. The zero-order valence-electron chi connectivity index (χ0n) is 15.2. The molecule has 0 aromatic heterocycles. The maximum atomic E-state index is 12.1. The maximum absolute atomic E-state index is 12.1. The molecule has 0 radical (unpaired) electrons. The van der Waals surface area contributed by atoms with Crippen LogP contribution in [0.4, 0.5) is 0 Å². The molecular weight excluding hydrogens is 298 g/mol. The lowest BCUT2D eigenvalue weighted by atomic mass is 9.86. The van der Waals surface area contributed by atoms with Gasteiger partial charge in [-0.3, -0.25) is 4.79 Å². The van der Waals surface area contributed by atoms with Crippen LogP contribution in [0.1, 0.15) is 50.4 Å². The lowest BCUT2D eigenvalue weighted by Crippen LogP contribution is -2.31. The Morgan fingerprint density at radius 1 is 1.08 bits per heavy atom. The second-order valence-corrected chi connectivity index (χ2v) is 7.22. The molecule has 2 aromatic rings. The highest BCUT2D eigenvalue weighted by molar-refractivity contribution is 5.78. The summed E-state index contributed by atoms with van der Waals surface area (Å²) >= 11 is 0. The summed E-state index contributed by atoms with van der Waals surface area (Å²) in [4.78, 5) is 12.1. The van der Waals surface area contributed by atoms with E-state index in [-0.39, 0.29) is 24.0 Å². The van der Waals surface area contributed by atoms with Crippen LogP contribution in [0.5, 0.6) is 5.75 Å². The quantitative estimate of drug-likeness (QED) is 0.876. The number of hydrogen-bond donors (Lipinski definition) is 1. The van der Waals surface area contributed by atoms with Crippen LogP contribution >= 0.6 is 0 Å². The molecule has 24 heavy (non-hydrogen) atoms. The first-order chi connectivity index (χ1) is 11.3. The van der Waals surface area contributed by atoms with E-state index in [1.165, 1.54) is 5.56 Å². The fourth-order valence-electron chi connectivity index (χ4n) is 2.50. The molecule has 0 aliphatic heterocycles. The highest BCUT2D eigenvalue weighted by Crippen LogP contribution is 2.24. The number of carbonyl (C=O) groups is 1. The van der Waals surface area contributed by atoms with E-state index < -0.39 is 0 Å². The third-order valence-corrected chi connectivity index (χ3v) is 4.11. The summed E-state index contributed by atoms with van der Waals surface area (Å²) in [5, 5.41) is 2.98. The molecule has 0 fully saturated rings. The van der Waals surface area contributed by atoms with Crippen LogP contribution in [-0.2, 0) is 10.2 Å². The van der Waals surface area contributed by atoms with Crippen molar-refractivity contribution in [3.8, 4) is 5.75 Å². The molecule has 0 spiro atoms. The smallest absolute Gasteiger partial charge is 0.258 e. The van der Waals surface area contributed by atoms with Crippen LogP contribution in [0, 0.1) is 6.92 Å². The van der Waals surface area contributed by atoms with Gasteiger partial charge in [-0.15, -0.1) is 0 Å². The molecule has 0 saturated carbocycles. The Bertz CT molecular complexity index is 684. The normalized spacial score (nSPS) is 12.5. The van der Waals surface area contributed by atoms with Gasteiger partial charge in [-0.05, 0) is 42.0 Å². The Labute approximate surface area is 145 Å². The zero-order chi connectivity index (χ0) is 17.7. The molecule has 1 amide bonds. The predicted octanol–water partition coefficient (Wildman–Crippen LogP) is 4.55. The van der Waals surface area contributed by atoms with Crippen LogP contribution in [0.25, 0.3) is 0 Å². The summed E-state index contributed by atoms with van der Waals surface area (Å²) in [6.07, 6.45) is 0. The van der Waals surface area contributed by atoms with Crippen molar-refractivity contribution in [3.63, 3.8) is 0 Å². The Kier molecular flexibility index (Phi) is 5.66. The van der Waals surface area contributed by atoms with E-state index in [9.17, 15) is 4.79 Å². The van der Waals surface area contributed by atoms with Crippen LogP contribution in [0.2, 0.25) is 0 Å². The number of amides is 1. The van der Waals surface area contributed by atoms with E-state index in [2.05, 4.69) is 50.4 Å². The summed E-state index contributed by atoms with van der Waals surface area (Å²) < 4.78 is 5.59. The standard InChI is InChI=1S/C21H27NO2/c1-15-8-6-7-9-19(15)24-14-20(23)22-16(2)17-10-12-18(13-11-17)21(3,4)5/h6-13,16H,14H2,1-5H3,(H,22,23)/t16-/m0/s1. The predicted molar refractivity (Wildman–Crippen MR) is 98.4 cm³/mol. The van der Waals surface area contributed by atoms with Gasteiger partial charge in [0, 0.05) is 0 Å². The molecule has 3 heteroatoms. The average molecular weight is 325 g/mol. The number of benzene rings is 2. The number of para-hydroxylation sites is 1. The zero-order valence-corrected chi connectivity index (χ0v) is 15.2. The van der Waals surface area contributed by atoms with Gasteiger partial charge in [0.2, 0.25) is 0 Å². The Balaban J connectivity index is 1.90. The number of aryl methyl sites for hydroxylation is 1. The first kappa shape index (κ1) is 18.1. The summed E-state index contributed by atoms with van der Waals surface area (Å²) in [6, 6.07) is 16.0. The number of carbonyl (C=O) groups excluding carboxylic acids is 1. The van der Waals surface area contributed by atoms with Gasteiger partial charge in [-0.1, -0.05) is 63.2 Å². The molecule has 2 aromatic carbocycles. The number of ether oxygens (including phenoxy) is 1. The highest BCUT2D eigenvalue weighted by Gasteiger charge is 2.15. The minimum Gasteiger partial charge on any atom is -0.484 e. The summed E-state index contributed by atoms with van der Waals surface area (Å²) in [6.45, 7) is 10.5. The molecule has 1 atom stereocenters. The van der Waals surface area contributed by atoms with Gasteiger partial charge in [0.1, 0.15) is 5.75 Å². The van der Waals surface area contributed by atoms with Crippen molar-refractivity contribution in [3.05, 3.63) is 65.2 Å². The average Bonchev–Trinajstić information content (AvgIpc) is 2.53. The Morgan fingerprint density at radius 3 is 2.29 bits per heavy atom. The minimum absolute atomic E-state index is 0.0231. The van der Waals surface area contributed by atoms with Crippen molar-refractivity contribution in [1.29, 1.82) is 0 Å². The van der Waals surface area contributed by atoms with Crippen molar-refractivity contribution in [2.75, 3.05) is 6.61 Å². The van der Waals surface area contributed by atoms with Crippen LogP contribution in [0.3, 0.4) is 0 Å². The Hall–Kier alpha value is -2.29. The fourth-order valence-corrected chi connectivity index (χ4v) is 2.50. The van der Waals surface area contributed by atoms with E-state index in [1.54, 1.807) is 0 Å². The van der Waals surface area contributed by atoms with Gasteiger partial charge in [0.05, 0.1) is 6.04 Å². The van der Waals surface area contributed by atoms with E-state index >= 15 is 0 Å². The van der Waals surface area contributed by atoms with Crippen molar-refractivity contribution >= 4 is 5.91 Å². The van der Waals surface area contributed by atoms with Gasteiger partial charge in [0.15, 0.2) is 6.61 Å². The van der Waals surface area contributed by atoms with E-state index in [0.717, 1.165) is 16.9 Å². The lowest BCUT2D eigenvalue weighted by Gasteiger charge is -2.21. The van der Waals surface area contributed by atoms with Crippen LogP contribution < -0.4 is 10.1 Å².